The number of carbonyl (C=O) groups excluding carboxylic acids is 4. The second-order valence-electron chi connectivity index (χ2n) is 7.51. The Balaban J connectivity index is 1.61. The number of aryl methyl sites for hydroxylation is 1. The molecule has 0 aliphatic rings. The van der Waals surface area contributed by atoms with Crippen LogP contribution < -0.4 is 18.9 Å². The summed E-state index contributed by atoms with van der Waals surface area (Å²) < 4.78 is 26.0. The minimum atomic E-state index is -0.611. The predicted molar refractivity (Wildman–Crippen MR) is 136 cm³/mol. The van der Waals surface area contributed by atoms with Gasteiger partial charge in [0.15, 0.2) is 0 Å². The topological polar surface area (TPSA) is 114 Å². The van der Waals surface area contributed by atoms with Crippen LogP contribution in [0.25, 0.3) is 0 Å². The van der Waals surface area contributed by atoms with E-state index in [2.05, 4.69) is 13.2 Å². The molecule has 3 aromatic rings. The molecular formula is C29H24O9. The minimum Gasteiger partial charge on any atom is -0.457 e. The Morgan fingerprint density at radius 3 is 1.82 bits per heavy atom. The average Bonchev–Trinajstić information content (AvgIpc) is 2.94. The van der Waals surface area contributed by atoms with Gasteiger partial charge in [-0.1, -0.05) is 20.1 Å². The summed E-state index contributed by atoms with van der Waals surface area (Å²) in [7, 11) is 0. The number of carbonyl (C=O) groups is 4. The zero-order chi connectivity index (χ0) is 27.5. The third kappa shape index (κ3) is 7.66. The van der Waals surface area contributed by atoms with Gasteiger partial charge in [-0.2, -0.15) is 0 Å². The van der Waals surface area contributed by atoms with Crippen molar-refractivity contribution in [3.05, 3.63) is 109 Å². The Hall–Kier alpha value is -5.18. The van der Waals surface area contributed by atoms with Crippen molar-refractivity contribution in [2.75, 3.05) is 6.79 Å². The summed E-state index contributed by atoms with van der Waals surface area (Å²) in [5.41, 5.74) is 1.18. The van der Waals surface area contributed by atoms with Crippen LogP contribution in [0.2, 0.25) is 0 Å². The normalized spacial score (nSPS) is 10.0. The number of esters is 4. The zero-order valence-electron chi connectivity index (χ0n) is 20.5. The Morgan fingerprint density at radius 2 is 1.24 bits per heavy atom. The van der Waals surface area contributed by atoms with Crippen LogP contribution >= 0.6 is 0 Å². The molecule has 0 radical (unpaired) electrons. The van der Waals surface area contributed by atoms with Crippen molar-refractivity contribution in [2.45, 2.75) is 13.3 Å². The smallest absolute Gasteiger partial charge is 0.343 e. The number of rotatable bonds is 11. The van der Waals surface area contributed by atoms with Gasteiger partial charge in [0.25, 0.3) is 0 Å². The van der Waals surface area contributed by atoms with Gasteiger partial charge in [-0.15, -0.1) is 0 Å². The van der Waals surface area contributed by atoms with Crippen LogP contribution in [0.5, 0.6) is 23.0 Å². The molecule has 0 amide bonds. The molecule has 0 aromatic heterocycles. The number of hydrogen-bond donors (Lipinski definition) is 0. The first-order chi connectivity index (χ1) is 18.3. The molecule has 0 atom stereocenters. The molecule has 0 N–H and O–H groups in total. The number of hydrogen-bond acceptors (Lipinski definition) is 9. The summed E-state index contributed by atoms with van der Waals surface area (Å²) in [6.45, 7) is 8.19. The molecule has 0 aliphatic heterocycles. The second kappa shape index (κ2) is 13.2. The lowest BCUT2D eigenvalue weighted by Crippen LogP contribution is -2.11. The molecule has 3 rings (SSSR count). The number of benzene rings is 3. The third-order valence-electron chi connectivity index (χ3n) is 4.98. The minimum absolute atomic E-state index is 0.257. The van der Waals surface area contributed by atoms with E-state index in [0.717, 1.165) is 12.2 Å². The van der Waals surface area contributed by atoms with E-state index in [0.29, 0.717) is 23.5 Å². The standard InChI is InChI=1S/C29H24O9/c1-4-19-17-24(37-28(32)20-7-11-22(12-8-20)34-18-35-26(30)5-2)15-16-25(19)38-29(33)21-9-13-23(14-10-21)36-27(31)6-3/h5-17H,2-4,18H2,1H3. The molecule has 9 heteroatoms. The van der Waals surface area contributed by atoms with Crippen LogP contribution in [0, 0.1) is 0 Å². The lowest BCUT2D eigenvalue weighted by Gasteiger charge is -2.12. The summed E-state index contributed by atoms with van der Waals surface area (Å²) in [5, 5.41) is 0. The van der Waals surface area contributed by atoms with E-state index in [1.165, 1.54) is 54.6 Å². The quantitative estimate of drug-likeness (QED) is 0.153. The predicted octanol–water partition coefficient (Wildman–Crippen LogP) is 4.84. The van der Waals surface area contributed by atoms with Crippen molar-refractivity contribution in [1.82, 2.24) is 0 Å². The Kier molecular flexibility index (Phi) is 9.53. The van der Waals surface area contributed by atoms with Gasteiger partial charge in [0.05, 0.1) is 11.1 Å². The van der Waals surface area contributed by atoms with Gasteiger partial charge in [0.1, 0.15) is 23.0 Å². The third-order valence-corrected chi connectivity index (χ3v) is 4.98. The molecule has 0 saturated heterocycles. The summed E-state index contributed by atoms with van der Waals surface area (Å²) in [5.74, 6) is -1.17. The first-order valence-corrected chi connectivity index (χ1v) is 11.4. The Morgan fingerprint density at radius 1 is 0.684 bits per heavy atom. The molecule has 0 spiro atoms. The van der Waals surface area contributed by atoms with Crippen LogP contribution in [-0.4, -0.2) is 30.7 Å². The fraction of sp³-hybridized carbons (Fsp3) is 0.103. The molecule has 0 bridgehead atoms. The molecule has 3 aromatic carbocycles. The zero-order valence-corrected chi connectivity index (χ0v) is 20.5. The maximum atomic E-state index is 12.6. The van der Waals surface area contributed by atoms with Gasteiger partial charge >= 0.3 is 23.9 Å². The first kappa shape index (κ1) is 27.4. The second-order valence-corrected chi connectivity index (χ2v) is 7.51. The highest BCUT2D eigenvalue weighted by Gasteiger charge is 2.15. The summed E-state index contributed by atoms with van der Waals surface area (Å²) in [6.07, 6.45) is 2.57. The molecule has 38 heavy (non-hydrogen) atoms. The molecule has 0 heterocycles. The van der Waals surface area contributed by atoms with Crippen molar-refractivity contribution < 1.29 is 42.9 Å². The Bertz CT molecular complexity index is 1340. The van der Waals surface area contributed by atoms with E-state index in [-0.39, 0.29) is 29.4 Å². The monoisotopic (exact) mass is 516 g/mol. The molecule has 0 fully saturated rings. The van der Waals surface area contributed by atoms with Gasteiger partial charge in [-0.25, -0.2) is 19.2 Å². The largest absolute Gasteiger partial charge is 0.457 e. The lowest BCUT2D eigenvalue weighted by molar-refractivity contribution is -0.144. The molecule has 194 valence electrons. The summed E-state index contributed by atoms with van der Waals surface area (Å²) in [6, 6.07) is 16.6. The maximum absolute atomic E-state index is 12.6. The van der Waals surface area contributed by atoms with E-state index < -0.39 is 23.9 Å². The highest BCUT2D eigenvalue weighted by molar-refractivity contribution is 5.92. The molecule has 9 nitrogen and oxygen atoms in total. The van der Waals surface area contributed by atoms with Gasteiger partial charge in [-0.3, -0.25) is 0 Å². The van der Waals surface area contributed by atoms with Crippen LogP contribution in [0.3, 0.4) is 0 Å². The fourth-order valence-corrected chi connectivity index (χ4v) is 3.04. The molecular weight excluding hydrogens is 492 g/mol. The fourth-order valence-electron chi connectivity index (χ4n) is 3.04. The lowest BCUT2D eigenvalue weighted by atomic mass is 10.1. The van der Waals surface area contributed by atoms with E-state index in [1.807, 2.05) is 6.92 Å². The first-order valence-electron chi connectivity index (χ1n) is 11.4. The molecule has 0 saturated carbocycles. The van der Waals surface area contributed by atoms with Gasteiger partial charge in [0.2, 0.25) is 6.79 Å². The Labute approximate surface area is 218 Å². The highest BCUT2D eigenvalue weighted by Crippen LogP contribution is 2.27. The van der Waals surface area contributed by atoms with E-state index in [4.69, 9.17) is 23.7 Å². The van der Waals surface area contributed by atoms with Crippen LogP contribution in [-0.2, 0) is 20.7 Å². The van der Waals surface area contributed by atoms with Crippen molar-refractivity contribution >= 4 is 23.9 Å². The highest BCUT2D eigenvalue weighted by atomic mass is 16.7. The summed E-state index contributed by atoms with van der Waals surface area (Å²) in [4.78, 5) is 47.5. The van der Waals surface area contributed by atoms with Gasteiger partial charge in [0, 0.05) is 12.2 Å². The van der Waals surface area contributed by atoms with Crippen LogP contribution in [0.1, 0.15) is 33.2 Å². The maximum Gasteiger partial charge on any atom is 0.343 e. The van der Waals surface area contributed by atoms with Crippen LogP contribution in [0.15, 0.2) is 92.0 Å². The van der Waals surface area contributed by atoms with Gasteiger partial charge in [-0.05, 0) is 78.7 Å². The SMILES string of the molecule is C=CC(=O)OCOc1ccc(C(=O)Oc2ccc(OC(=O)c3ccc(OC(=O)C=C)cc3)c(CC)c2)cc1. The van der Waals surface area contributed by atoms with Crippen LogP contribution in [0.4, 0.5) is 0 Å². The van der Waals surface area contributed by atoms with E-state index in [1.54, 1.807) is 12.1 Å². The van der Waals surface area contributed by atoms with Crippen molar-refractivity contribution in [2.24, 2.45) is 0 Å². The van der Waals surface area contributed by atoms with Crippen molar-refractivity contribution in [3.63, 3.8) is 0 Å². The van der Waals surface area contributed by atoms with Gasteiger partial charge < -0.3 is 23.7 Å². The molecule has 0 aliphatic carbocycles. The van der Waals surface area contributed by atoms with E-state index >= 15 is 0 Å². The molecule has 0 unspecified atom stereocenters. The van der Waals surface area contributed by atoms with E-state index in [9.17, 15) is 19.2 Å². The average molecular weight is 517 g/mol. The van der Waals surface area contributed by atoms with Crippen molar-refractivity contribution in [3.8, 4) is 23.0 Å². The van der Waals surface area contributed by atoms with Crippen molar-refractivity contribution in [1.29, 1.82) is 0 Å². The number of ether oxygens (including phenoxy) is 5. The summed E-state index contributed by atoms with van der Waals surface area (Å²) >= 11 is 0.